The molecule has 4 rings (SSSR count). The molecule has 7 nitrogen and oxygen atoms in total. The molecule has 1 heterocycles. The van der Waals surface area contributed by atoms with E-state index in [1.165, 1.54) is 0 Å². The predicted octanol–water partition coefficient (Wildman–Crippen LogP) is 4.82. The van der Waals surface area contributed by atoms with Crippen molar-refractivity contribution < 1.29 is 17.7 Å². The molecule has 0 aliphatic heterocycles. The Labute approximate surface area is 207 Å². The molecule has 0 amide bonds. The normalized spacial score (nSPS) is 13.2. The lowest BCUT2D eigenvalue weighted by Crippen LogP contribution is -2.16. The Bertz CT molecular complexity index is 1460. The summed E-state index contributed by atoms with van der Waals surface area (Å²) in [5.74, 6) is 1.78. The van der Waals surface area contributed by atoms with Gasteiger partial charge in [0.25, 0.3) is 0 Å². The highest BCUT2D eigenvalue weighted by Gasteiger charge is 2.24. The Balaban J connectivity index is 1.73. The number of anilines is 2. The second-order valence-electron chi connectivity index (χ2n) is 9.19. The average Bonchev–Trinajstić information content (AvgIpc) is 3.28. The van der Waals surface area contributed by atoms with Crippen LogP contribution in [0.15, 0.2) is 53.4 Å². The maximum Gasteiger partial charge on any atom is 0.182 e. The topological polar surface area (TPSA) is 98.2 Å². The summed E-state index contributed by atoms with van der Waals surface area (Å²) in [5, 5.41) is 3.47. The van der Waals surface area contributed by atoms with Crippen molar-refractivity contribution in [2.75, 3.05) is 25.8 Å². The van der Waals surface area contributed by atoms with Crippen LogP contribution in [0.1, 0.15) is 36.5 Å². The fraction of sp³-hybridized carbons (Fsp3) is 0.308. The Morgan fingerprint density at radius 2 is 1.86 bits per heavy atom. The Kier molecular flexibility index (Phi) is 6.89. The van der Waals surface area contributed by atoms with Gasteiger partial charge in [0.1, 0.15) is 24.5 Å². The maximum absolute atomic E-state index is 12.9. The van der Waals surface area contributed by atoms with Crippen molar-refractivity contribution >= 4 is 39.9 Å². The van der Waals surface area contributed by atoms with Gasteiger partial charge in [0.15, 0.2) is 9.84 Å². The molecule has 1 aliphatic carbocycles. The van der Waals surface area contributed by atoms with E-state index >= 15 is 0 Å². The molecule has 0 fully saturated rings. The van der Waals surface area contributed by atoms with E-state index in [0.717, 1.165) is 22.1 Å². The molecular formula is C26H30N3O4PS. The number of sulfone groups is 1. The van der Waals surface area contributed by atoms with Crippen LogP contribution < -0.4 is 15.4 Å². The number of rotatable bonds is 8. The van der Waals surface area contributed by atoms with Crippen LogP contribution in [0.3, 0.4) is 0 Å². The number of nitrogens with one attached hydrogen (secondary N) is 1. The number of methoxy groups -OCH3 is 1. The molecule has 0 spiro atoms. The lowest BCUT2D eigenvalue weighted by atomic mass is 10.1. The van der Waals surface area contributed by atoms with Gasteiger partial charge in [-0.25, -0.2) is 18.4 Å². The molecule has 1 N–H and O–H groups in total. The van der Waals surface area contributed by atoms with Gasteiger partial charge in [-0.1, -0.05) is 36.4 Å². The minimum Gasteiger partial charge on any atom is -0.496 e. The molecule has 9 heteroatoms. The molecule has 0 saturated heterocycles. The summed E-state index contributed by atoms with van der Waals surface area (Å²) >= 11 is 0. The largest absolute Gasteiger partial charge is 0.496 e. The van der Waals surface area contributed by atoms with Crippen LogP contribution in [-0.2, 0) is 27.2 Å². The van der Waals surface area contributed by atoms with Gasteiger partial charge in [-0.2, -0.15) is 0 Å². The van der Waals surface area contributed by atoms with Gasteiger partial charge in [0.05, 0.1) is 28.6 Å². The van der Waals surface area contributed by atoms with Gasteiger partial charge in [-0.3, -0.25) is 0 Å². The molecule has 184 valence electrons. The van der Waals surface area contributed by atoms with Crippen molar-refractivity contribution in [3.05, 3.63) is 71.2 Å². The van der Waals surface area contributed by atoms with E-state index in [1.807, 2.05) is 30.4 Å². The molecule has 0 saturated carbocycles. The summed E-state index contributed by atoms with van der Waals surface area (Å²) in [6, 6.07) is 12.5. The summed E-state index contributed by atoms with van der Waals surface area (Å²) in [6.45, 7) is 6.80. The number of aromatic nitrogens is 2. The number of hydrogen-bond donors (Lipinski definition) is 1. The van der Waals surface area contributed by atoms with E-state index in [0.29, 0.717) is 35.9 Å². The van der Waals surface area contributed by atoms with Crippen LogP contribution in [0.25, 0.3) is 6.08 Å². The third-order valence-electron chi connectivity index (χ3n) is 5.97. The maximum atomic E-state index is 12.9. The van der Waals surface area contributed by atoms with Crippen LogP contribution in [0, 0.1) is 0 Å². The number of nitrogens with zero attached hydrogens (tertiary/aromatic N) is 2. The van der Waals surface area contributed by atoms with Crippen LogP contribution >= 0.6 is 7.14 Å². The zero-order chi connectivity index (χ0) is 25.4. The van der Waals surface area contributed by atoms with Crippen LogP contribution in [0.5, 0.6) is 5.75 Å². The van der Waals surface area contributed by atoms with Crippen molar-refractivity contribution in [3.63, 3.8) is 0 Å². The molecule has 0 unspecified atom stereocenters. The lowest BCUT2D eigenvalue weighted by molar-refractivity contribution is 0.410. The van der Waals surface area contributed by atoms with Crippen LogP contribution in [0.2, 0.25) is 0 Å². The van der Waals surface area contributed by atoms with E-state index in [4.69, 9.17) is 14.7 Å². The zero-order valence-electron chi connectivity index (χ0n) is 20.6. The van der Waals surface area contributed by atoms with Gasteiger partial charge in [-0.05, 0) is 45.4 Å². The fourth-order valence-corrected chi connectivity index (χ4v) is 6.01. The number of hydrogen-bond acceptors (Lipinski definition) is 7. The number of benzene rings is 2. The van der Waals surface area contributed by atoms with E-state index in [9.17, 15) is 13.0 Å². The van der Waals surface area contributed by atoms with E-state index in [1.54, 1.807) is 58.6 Å². The monoisotopic (exact) mass is 511 g/mol. The molecule has 0 radical (unpaired) electrons. The van der Waals surface area contributed by atoms with Crippen molar-refractivity contribution in [3.8, 4) is 5.75 Å². The molecule has 35 heavy (non-hydrogen) atoms. The quantitative estimate of drug-likeness (QED) is 0.433. The van der Waals surface area contributed by atoms with Gasteiger partial charge in [-0.15, -0.1) is 0 Å². The minimum atomic E-state index is -3.49. The standard InChI is InChI=1S/C26H30N3O4PS/c1-17(2)35(31,32)24-12-7-6-10-22(24)28-26-20-9-8-11-21(20)27-25(29-26)15-18-13-14-19(34(4,5)30)16-23(18)33-3/h6-10,12-14,16-17H,11,15H2,1-5H3,(H,27,28,29). The second-order valence-corrected chi connectivity index (χ2v) is 14.9. The van der Waals surface area contributed by atoms with Gasteiger partial charge >= 0.3 is 0 Å². The van der Waals surface area contributed by atoms with Crippen molar-refractivity contribution in [1.82, 2.24) is 9.97 Å². The molecule has 1 aliphatic rings. The van der Waals surface area contributed by atoms with Crippen LogP contribution in [-0.4, -0.2) is 44.1 Å². The Hall–Kier alpha value is -2.96. The molecule has 1 aromatic heterocycles. The van der Waals surface area contributed by atoms with Crippen LogP contribution in [0.4, 0.5) is 11.5 Å². The highest BCUT2D eigenvalue weighted by atomic mass is 32.2. The summed E-state index contributed by atoms with van der Waals surface area (Å²) in [6.07, 6.45) is 5.06. The Morgan fingerprint density at radius 3 is 2.54 bits per heavy atom. The van der Waals surface area contributed by atoms with Crippen molar-refractivity contribution in [1.29, 1.82) is 0 Å². The number of fused-ring (bicyclic) bond motifs is 1. The SMILES string of the molecule is COc1cc(P(C)(C)=O)ccc1Cc1nc2c(c(Nc3ccccc3S(=O)(=O)C(C)C)n1)C=CC2. The molecular weight excluding hydrogens is 481 g/mol. The smallest absolute Gasteiger partial charge is 0.182 e. The summed E-state index contributed by atoms with van der Waals surface area (Å²) in [5.41, 5.74) is 3.09. The first-order valence-corrected chi connectivity index (χ1v) is 15.5. The Morgan fingerprint density at radius 1 is 1.11 bits per heavy atom. The van der Waals surface area contributed by atoms with Gasteiger partial charge < -0.3 is 14.6 Å². The lowest BCUT2D eigenvalue weighted by Gasteiger charge is -2.17. The third kappa shape index (κ3) is 5.19. The molecule has 0 bridgehead atoms. The van der Waals surface area contributed by atoms with Crippen molar-refractivity contribution in [2.45, 2.75) is 36.8 Å². The first kappa shape index (κ1) is 25.1. The highest BCUT2D eigenvalue weighted by molar-refractivity contribution is 7.92. The molecule has 3 aromatic rings. The van der Waals surface area contributed by atoms with Gasteiger partial charge in [0, 0.05) is 29.3 Å². The fourth-order valence-electron chi connectivity index (χ4n) is 3.94. The highest BCUT2D eigenvalue weighted by Crippen LogP contribution is 2.37. The summed E-state index contributed by atoms with van der Waals surface area (Å²) in [7, 11) is -4.32. The first-order chi connectivity index (χ1) is 16.5. The van der Waals surface area contributed by atoms with E-state index < -0.39 is 22.2 Å². The van der Waals surface area contributed by atoms with Crippen molar-refractivity contribution in [2.24, 2.45) is 0 Å². The summed E-state index contributed by atoms with van der Waals surface area (Å²) in [4.78, 5) is 9.77. The number of para-hydroxylation sites is 1. The average molecular weight is 512 g/mol. The zero-order valence-corrected chi connectivity index (χ0v) is 22.3. The number of allylic oxidation sites excluding steroid dienone is 1. The third-order valence-corrected chi connectivity index (χ3v) is 9.71. The first-order valence-electron chi connectivity index (χ1n) is 11.4. The number of ether oxygens (including phenoxy) is 1. The second kappa shape index (κ2) is 9.59. The predicted molar refractivity (Wildman–Crippen MR) is 142 cm³/mol. The minimum absolute atomic E-state index is 0.242. The van der Waals surface area contributed by atoms with Gasteiger partial charge in [0.2, 0.25) is 0 Å². The van der Waals surface area contributed by atoms with E-state index in [-0.39, 0.29) is 4.90 Å². The summed E-state index contributed by atoms with van der Waals surface area (Å²) < 4.78 is 43.9. The molecule has 2 aromatic carbocycles. The molecule has 0 atom stereocenters. The van der Waals surface area contributed by atoms with E-state index in [2.05, 4.69) is 5.32 Å².